The van der Waals surface area contributed by atoms with Crippen molar-refractivity contribution in [3.05, 3.63) is 40.4 Å². The molecule has 0 saturated carbocycles. The van der Waals surface area contributed by atoms with Crippen LogP contribution in [0.1, 0.15) is 12.5 Å². The van der Waals surface area contributed by atoms with Crippen LogP contribution >= 0.6 is 46.9 Å². The highest BCUT2D eigenvalue weighted by Crippen LogP contribution is 2.23. The van der Waals surface area contributed by atoms with Crippen molar-refractivity contribution in [1.29, 1.82) is 0 Å². The number of thiazole rings is 1. The summed E-state index contributed by atoms with van der Waals surface area (Å²) in [7, 11) is 0. The number of rotatable bonds is 6. The molecule has 3 rings (SSSR count). The molecular weight excluding hydrogens is 497 g/mol. The highest BCUT2D eigenvalue weighted by Gasteiger charge is 2.19. The molecule has 9 heteroatoms. The first kappa shape index (κ1) is 22.0. The van der Waals surface area contributed by atoms with E-state index in [2.05, 4.69) is 19.8 Å². The smallest absolute Gasteiger partial charge is 0.191 e. The van der Waals surface area contributed by atoms with Crippen molar-refractivity contribution in [3.8, 4) is 5.75 Å². The molecule has 0 radical (unpaired) electrons. The third-order valence-corrected chi connectivity index (χ3v) is 5.34. The van der Waals surface area contributed by atoms with Crippen LogP contribution in [0, 0.1) is 0 Å². The molecular formula is C18H25ClIN5OS. The van der Waals surface area contributed by atoms with Gasteiger partial charge in [-0.1, -0.05) is 11.6 Å². The molecule has 2 heterocycles. The number of piperazine rings is 1. The lowest BCUT2D eigenvalue weighted by Gasteiger charge is -2.35. The van der Waals surface area contributed by atoms with E-state index in [1.54, 1.807) is 11.3 Å². The number of benzene rings is 1. The fourth-order valence-corrected chi connectivity index (χ4v) is 3.82. The number of hydrogen-bond acceptors (Lipinski definition) is 5. The van der Waals surface area contributed by atoms with Gasteiger partial charge in [0.2, 0.25) is 0 Å². The van der Waals surface area contributed by atoms with Gasteiger partial charge in [-0.15, -0.1) is 35.3 Å². The highest BCUT2D eigenvalue weighted by molar-refractivity contribution is 14.0. The van der Waals surface area contributed by atoms with Gasteiger partial charge in [0.1, 0.15) is 5.75 Å². The summed E-state index contributed by atoms with van der Waals surface area (Å²) in [4.78, 5) is 13.3. The van der Waals surface area contributed by atoms with E-state index >= 15 is 0 Å². The van der Waals surface area contributed by atoms with Crippen molar-refractivity contribution in [1.82, 2.24) is 9.88 Å². The molecule has 2 aromatic rings. The largest absolute Gasteiger partial charge is 0.494 e. The van der Waals surface area contributed by atoms with E-state index in [0.29, 0.717) is 24.1 Å². The van der Waals surface area contributed by atoms with Crippen LogP contribution in [0.3, 0.4) is 0 Å². The van der Waals surface area contributed by atoms with Crippen molar-refractivity contribution in [3.63, 3.8) is 0 Å². The minimum atomic E-state index is 0. The summed E-state index contributed by atoms with van der Waals surface area (Å²) in [6, 6.07) is 5.69. The molecule has 6 nitrogen and oxygen atoms in total. The lowest BCUT2D eigenvalue weighted by Crippen LogP contribution is -2.51. The first-order valence-corrected chi connectivity index (χ1v) is 10.0. The normalized spacial score (nSPS) is 14.8. The van der Waals surface area contributed by atoms with Gasteiger partial charge in [-0.3, -0.25) is 4.99 Å². The fourth-order valence-electron chi connectivity index (χ4n) is 2.93. The Morgan fingerprint density at radius 3 is 2.78 bits per heavy atom. The van der Waals surface area contributed by atoms with E-state index in [-0.39, 0.29) is 24.0 Å². The fraction of sp³-hybridized carbons (Fsp3) is 0.444. The van der Waals surface area contributed by atoms with E-state index in [4.69, 9.17) is 22.1 Å². The van der Waals surface area contributed by atoms with Gasteiger partial charge in [-0.25, -0.2) is 4.98 Å². The SMILES string of the molecule is CCOc1ccc(Cl)cc1CCN=C(N)N1CCN(c2nccs2)CC1.I. The Morgan fingerprint density at radius 2 is 2.11 bits per heavy atom. The average Bonchev–Trinajstić information content (AvgIpc) is 3.19. The number of nitrogens with two attached hydrogens (primary N) is 1. The zero-order valence-electron chi connectivity index (χ0n) is 15.3. The number of nitrogens with zero attached hydrogens (tertiary/aromatic N) is 4. The van der Waals surface area contributed by atoms with E-state index < -0.39 is 0 Å². The summed E-state index contributed by atoms with van der Waals surface area (Å²) >= 11 is 7.77. The number of anilines is 1. The van der Waals surface area contributed by atoms with Crippen molar-refractivity contribution in [2.45, 2.75) is 13.3 Å². The lowest BCUT2D eigenvalue weighted by atomic mass is 10.1. The van der Waals surface area contributed by atoms with Crippen molar-refractivity contribution in [2.75, 3.05) is 44.2 Å². The van der Waals surface area contributed by atoms with Gasteiger partial charge in [0.15, 0.2) is 11.1 Å². The molecule has 1 aromatic heterocycles. The van der Waals surface area contributed by atoms with E-state index in [0.717, 1.165) is 49.0 Å². The number of halogens is 2. The minimum Gasteiger partial charge on any atom is -0.494 e. The average molecular weight is 522 g/mol. The summed E-state index contributed by atoms with van der Waals surface area (Å²) in [5.74, 6) is 1.46. The summed E-state index contributed by atoms with van der Waals surface area (Å²) < 4.78 is 5.65. The van der Waals surface area contributed by atoms with E-state index in [1.807, 2.05) is 36.7 Å². The molecule has 0 spiro atoms. The van der Waals surface area contributed by atoms with Gasteiger partial charge < -0.3 is 20.3 Å². The second-order valence-electron chi connectivity index (χ2n) is 5.96. The van der Waals surface area contributed by atoms with Crippen LogP contribution in [0.2, 0.25) is 5.02 Å². The lowest BCUT2D eigenvalue weighted by molar-refractivity contribution is 0.336. The molecule has 148 valence electrons. The number of guanidine groups is 1. The van der Waals surface area contributed by atoms with Crippen LogP contribution in [-0.2, 0) is 6.42 Å². The van der Waals surface area contributed by atoms with Gasteiger partial charge in [-0.2, -0.15) is 0 Å². The Labute approximate surface area is 186 Å². The maximum absolute atomic E-state index is 6.19. The van der Waals surface area contributed by atoms with Gasteiger partial charge >= 0.3 is 0 Å². The van der Waals surface area contributed by atoms with Gasteiger partial charge in [0.25, 0.3) is 0 Å². The third-order valence-electron chi connectivity index (χ3n) is 4.27. The number of aliphatic imine (C=N–C) groups is 1. The topological polar surface area (TPSA) is 67.0 Å². The van der Waals surface area contributed by atoms with Crippen molar-refractivity contribution in [2.24, 2.45) is 10.7 Å². The Hall–Kier alpha value is -1.26. The Morgan fingerprint density at radius 1 is 1.33 bits per heavy atom. The van der Waals surface area contributed by atoms with Crippen molar-refractivity contribution < 1.29 is 4.74 Å². The van der Waals surface area contributed by atoms with E-state index in [9.17, 15) is 0 Å². The summed E-state index contributed by atoms with van der Waals surface area (Å²) in [6.45, 7) is 6.74. The third kappa shape index (κ3) is 6.11. The van der Waals surface area contributed by atoms with Crippen molar-refractivity contribution >= 4 is 58.0 Å². The standard InChI is InChI=1S/C18H24ClN5OS.HI/c1-2-25-16-4-3-15(19)13-14(16)5-6-21-17(20)23-8-10-24(11-9-23)18-22-7-12-26-18;/h3-4,7,12-13H,2,5-6,8-11H2,1H3,(H2,20,21);1H. The molecule has 1 aliphatic heterocycles. The zero-order valence-corrected chi connectivity index (χ0v) is 19.2. The van der Waals surface area contributed by atoms with Gasteiger partial charge in [0, 0.05) is 49.3 Å². The van der Waals surface area contributed by atoms with Gasteiger partial charge in [0.05, 0.1) is 6.61 Å². The molecule has 1 saturated heterocycles. The first-order chi connectivity index (χ1) is 12.7. The monoisotopic (exact) mass is 521 g/mol. The minimum absolute atomic E-state index is 0. The Bertz CT molecular complexity index is 735. The summed E-state index contributed by atoms with van der Waals surface area (Å²) in [5.41, 5.74) is 7.25. The Balaban J connectivity index is 0.00000261. The molecule has 27 heavy (non-hydrogen) atoms. The second-order valence-corrected chi connectivity index (χ2v) is 7.27. The molecule has 0 amide bonds. The predicted octanol–water partition coefficient (Wildman–Crippen LogP) is 3.49. The number of ether oxygens (including phenoxy) is 1. The van der Waals surface area contributed by atoms with Crippen LogP contribution in [-0.4, -0.2) is 55.2 Å². The van der Waals surface area contributed by atoms with Crippen LogP contribution in [0.25, 0.3) is 0 Å². The molecule has 2 N–H and O–H groups in total. The van der Waals surface area contributed by atoms with Crippen LogP contribution in [0.4, 0.5) is 5.13 Å². The highest BCUT2D eigenvalue weighted by atomic mass is 127. The molecule has 1 fully saturated rings. The maximum atomic E-state index is 6.19. The van der Waals surface area contributed by atoms with E-state index in [1.165, 1.54) is 0 Å². The molecule has 1 aliphatic rings. The second kappa shape index (κ2) is 10.9. The predicted molar refractivity (Wildman–Crippen MR) is 124 cm³/mol. The molecule has 1 aromatic carbocycles. The Kier molecular flexibility index (Phi) is 8.91. The van der Waals surface area contributed by atoms with Crippen LogP contribution < -0.4 is 15.4 Å². The summed E-state index contributed by atoms with van der Waals surface area (Å²) in [6.07, 6.45) is 2.59. The molecule has 0 aliphatic carbocycles. The number of hydrogen-bond donors (Lipinski definition) is 1. The maximum Gasteiger partial charge on any atom is 0.191 e. The van der Waals surface area contributed by atoms with Crippen LogP contribution in [0.15, 0.2) is 34.8 Å². The summed E-state index contributed by atoms with van der Waals surface area (Å²) in [5, 5.41) is 3.78. The first-order valence-electron chi connectivity index (χ1n) is 8.78. The van der Waals surface area contributed by atoms with Crippen LogP contribution in [0.5, 0.6) is 5.75 Å². The van der Waals surface area contributed by atoms with Gasteiger partial charge in [-0.05, 0) is 37.1 Å². The molecule has 0 atom stereocenters. The quantitative estimate of drug-likeness (QED) is 0.358. The number of aromatic nitrogens is 1. The molecule has 0 unspecified atom stereocenters. The molecule has 0 bridgehead atoms. The zero-order chi connectivity index (χ0) is 18.4.